The predicted molar refractivity (Wildman–Crippen MR) is 117 cm³/mol. The van der Waals surface area contributed by atoms with E-state index in [0.717, 1.165) is 53.4 Å². The van der Waals surface area contributed by atoms with E-state index >= 15 is 0 Å². The molecule has 1 heterocycles. The molecule has 2 N–H and O–H groups in total. The number of aromatic nitrogens is 1. The zero-order valence-corrected chi connectivity index (χ0v) is 17.0. The van der Waals surface area contributed by atoms with Crippen LogP contribution in [0.15, 0.2) is 53.9 Å². The van der Waals surface area contributed by atoms with E-state index in [9.17, 15) is 4.79 Å². The summed E-state index contributed by atoms with van der Waals surface area (Å²) < 4.78 is 0. The molecular formula is C22H22ClN3OS. The summed E-state index contributed by atoms with van der Waals surface area (Å²) in [6.45, 7) is 0. The third-order valence-electron chi connectivity index (χ3n) is 5.04. The number of thiazole rings is 1. The van der Waals surface area contributed by atoms with Crippen LogP contribution in [0.3, 0.4) is 0 Å². The van der Waals surface area contributed by atoms with Crippen molar-refractivity contribution in [3.63, 3.8) is 0 Å². The number of halogens is 1. The summed E-state index contributed by atoms with van der Waals surface area (Å²) in [4.78, 5) is 17.0. The second-order valence-corrected chi connectivity index (χ2v) is 8.31. The van der Waals surface area contributed by atoms with E-state index in [1.807, 2.05) is 53.9 Å². The molecule has 0 saturated heterocycles. The minimum atomic E-state index is 0.146. The Morgan fingerprint density at radius 3 is 2.54 bits per heavy atom. The monoisotopic (exact) mass is 411 g/mol. The summed E-state index contributed by atoms with van der Waals surface area (Å²) in [7, 11) is 0. The van der Waals surface area contributed by atoms with Gasteiger partial charge >= 0.3 is 0 Å². The van der Waals surface area contributed by atoms with Gasteiger partial charge in [0, 0.05) is 22.5 Å². The number of rotatable bonds is 5. The zero-order valence-electron chi connectivity index (χ0n) is 15.5. The number of hydrogen-bond acceptors (Lipinski definition) is 4. The first-order valence-electron chi connectivity index (χ1n) is 9.57. The quantitative estimate of drug-likeness (QED) is 0.489. The van der Waals surface area contributed by atoms with Gasteiger partial charge in [0.2, 0.25) is 5.91 Å². The van der Waals surface area contributed by atoms with Gasteiger partial charge in [-0.3, -0.25) is 4.79 Å². The molecule has 6 heteroatoms. The number of benzene rings is 2. The number of nitrogens with zero attached hydrogens (tertiary/aromatic N) is 1. The van der Waals surface area contributed by atoms with Gasteiger partial charge in [-0.2, -0.15) is 0 Å². The molecule has 0 radical (unpaired) electrons. The number of carbonyl (C=O) groups is 1. The Morgan fingerprint density at radius 1 is 1.04 bits per heavy atom. The highest BCUT2D eigenvalue weighted by atomic mass is 35.5. The largest absolute Gasteiger partial charge is 0.330 e. The van der Waals surface area contributed by atoms with Crippen molar-refractivity contribution in [3.05, 3.63) is 58.9 Å². The van der Waals surface area contributed by atoms with Crippen LogP contribution in [0.2, 0.25) is 5.02 Å². The van der Waals surface area contributed by atoms with Crippen molar-refractivity contribution in [1.29, 1.82) is 0 Å². The molecule has 28 heavy (non-hydrogen) atoms. The Kier molecular flexibility index (Phi) is 5.93. The SMILES string of the molecule is O=C(Nc1ccc(-c2csc(Nc3ccccc3Cl)n2)cc1)C1CCCCC1. The third kappa shape index (κ3) is 4.54. The molecule has 4 rings (SSSR count). The summed E-state index contributed by atoms with van der Waals surface area (Å²) >= 11 is 7.72. The van der Waals surface area contributed by atoms with Crippen LogP contribution >= 0.6 is 22.9 Å². The van der Waals surface area contributed by atoms with Crippen LogP contribution in [0.4, 0.5) is 16.5 Å². The lowest BCUT2D eigenvalue weighted by atomic mass is 9.88. The van der Waals surface area contributed by atoms with Crippen LogP contribution in [-0.4, -0.2) is 10.9 Å². The molecule has 0 aliphatic heterocycles. The van der Waals surface area contributed by atoms with E-state index in [0.29, 0.717) is 5.02 Å². The topological polar surface area (TPSA) is 54.0 Å². The van der Waals surface area contributed by atoms with Crippen molar-refractivity contribution in [1.82, 2.24) is 4.98 Å². The predicted octanol–water partition coefficient (Wildman–Crippen LogP) is 6.73. The number of hydrogen-bond donors (Lipinski definition) is 2. The molecule has 0 bridgehead atoms. The van der Waals surface area contributed by atoms with Gasteiger partial charge in [0.1, 0.15) is 0 Å². The molecular weight excluding hydrogens is 390 g/mol. The minimum absolute atomic E-state index is 0.146. The highest BCUT2D eigenvalue weighted by Crippen LogP contribution is 2.31. The number of para-hydroxylation sites is 1. The summed E-state index contributed by atoms with van der Waals surface area (Å²) in [6, 6.07) is 15.5. The molecule has 1 amide bonds. The average molecular weight is 412 g/mol. The highest BCUT2D eigenvalue weighted by molar-refractivity contribution is 7.14. The summed E-state index contributed by atoms with van der Waals surface area (Å²) in [5.74, 6) is 0.303. The Balaban J connectivity index is 1.41. The van der Waals surface area contributed by atoms with Crippen LogP contribution < -0.4 is 10.6 Å². The van der Waals surface area contributed by atoms with E-state index in [4.69, 9.17) is 11.6 Å². The van der Waals surface area contributed by atoms with E-state index in [1.54, 1.807) is 0 Å². The van der Waals surface area contributed by atoms with Gasteiger partial charge in [0.25, 0.3) is 0 Å². The smallest absolute Gasteiger partial charge is 0.227 e. The summed E-state index contributed by atoms with van der Waals surface area (Å²) in [5.41, 5.74) is 3.58. The van der Waals surface area contributed by atoms with Crippen molar-refractivity contribution in [2.24, 2.45) is 5.92 Å². The third-order valence-corrected chi connectivity index (χ3v) is 6.13. The number of anilines is 3. The Labute approximate surface area is 174 Å². The molecule has 1 saturated carbocycles. The average Bonchev–Trinajstić information content (AvgIpc) is 3.19. The molecule has 1 aliphatic carbocycles. The Morgan fingerprint density at radius 2 is 1.79 bits per heavy atom. The minimum Gasteiger partial charge on any atom is -0.330 e. The number of carbonyl (C=O) groups excluding carboxylic acids is 1. The van der Waals surface area contributed by atoms with Gasteiger partial charge < -0.3 is 10.6 Å². The zero-order chi connectivity index (χ0) is 19.3. The van der Waals surface area contributed by atoms with Crippen LogP contribution in [0.25, 0.3) is 11.3 Å². The molecule has 0 atom stereocenters. The maximum atomic E-state index is 12.4. The van der Waals surface area contributed by atoms with Crippen molar-refractivity contribution in [2.75, 3.05) is 10.6 Å². The van der Waals surface area contributed by atoms with Gasteiger partial charge in [-0.25, -0.2) is 4.98 Å². The second kappa shape index (κ2) is 8.76. The molecule has 1 aromatic heterocycles. The summed E-state index contributed by atoms with van der Waals surface area (Å²) in [5, 5.41) is 9.77. The van der Waals surface area contributed by atoms with Crippen LogP contribution in [0.1, 0.15) is 32.1 Å². The van der Waals surface area contributed by atoms with Gasteiger partial charge in [-0.1, -0.05) is 55.1 Å². The first-order valence-corrected chi connectivity index (χ1v) is 10.8. The molecule has 144 valence electrons. The second-order valence-electron chi connectivity index (χ2n) is 7.04. The van der Waals surface area contributed by atoms with Crippen molar-refractivity contribution in [3.8, 4) is 11.3 Å². The van der Waals surface area contributed by atoms with Crippen molar-refractivity contribution in [2.45, 2.75) is 32.1 Å². The van der Waals surface area contributed by atoms with E-state index < -0.39 is 0 Å². The van der Waals surface area contributed by atoms with Gasteiger partial charge in [-0.15, -0.1) is 11.3 Å². The van der Waals surface area contributed by atoms with Gasteiger partial charge in [0.15, 0.2) is 5.13 Å². The molecule has 0 spiro atoms. The summed E-state index contributed by atoms with van der Waals surface area (Å²) in [6.07, 6.45) is 5.57. The lowest BCUT2D eigenvalue weighted by molar-refractivity contribution is -0.120. The van der Waals surface area contributed by atoms with Crippen LogP contribution in [0.5, 0.6) is 0 Å². The van der Waals surface area contributed by atoms with Gasteiger partial charge in [0.05, 0.1) is 16.4 Å². The molecule has 3 aromatic rings. The van der Waals surface area contributed by atoms with Crippen LogP contribution in [0, 0.1) is 5.92 Å². The lowest BCUT2D eigenvalue weighted by Crippen LogP contribution is -2.24. The van der Waals surface area contributed by atoms with Gasteiger partial charge in [-0.05, 0) is 37.1 Å². The van der Waals surface area contributed by atoms with Crippen LogP contribution in [-0.2, 0) is 4.79 Å². The fourth-order valence-electron chi connectivity index (χ4n) is 3.47. The highest BCUT2D eigenvalue weighted by Gasteiger charge is 2.21. The maximum Gasteiger partial charge on any atom is 0.227 e. The van der Waals surface area contributed by atoms with E-state index in [1.165, 1.54) is 17.8 Å². The lowest BCUT2D eigenvalue weighted by Gasteiger charge is -2.20. The molecule has 0 unspecified atom stereocenters. The number of amides is 1. The van der Waals surface area contributed by atoms with Crippen molar-refractivity contribution >= 4 is 45.4 Å². The fourth-order valence-corrected chi connectivity index (χ4v) is 4.39. The van der Waals surface area contributed by atoms with E-state index in [-0.39, 0.29) is 11.8 Å². The normalized spacial score (nSPS) is 14.6. The van der Waals surface area contributed by atoms with E-state index in [2.05, 4.69) is 15.6 Å². The Hall–Kier alpha value is -2.37. The fraction of sp³-hybridized carbons (Fsp3) is 0.273. The first-order chi connectivity index (χ1) is 13.7. The number of nitrogens with one attached hydrogen (secondary N) is 2. The molecule has 1 aliphatic rings. The standard InChI is InChI=1S/C22H22ClN3OS/c23-18-8-4-5-9-19(18)25-22-26-20(14-28-22)15-10-12-17(13-11-15)24-21(27)16-6-2-1-3-7-16/h4-5,8-14,16H,1-3,6-7H2,(H,24,27)(H,25,26). The van der Waals surface area contributed by atoms with Crippen molar-refractivity contribution < 1.29 is 4.79 Å². The Bertz CT molecular complexity index is 948. The molecule has 1 fully saturated rings. The maximum absolute atomic E-state index is 12.4. The first kappa shape index (κ1) is 19.0. The molecule has 2 aromatic carbocycles. The molecule has 4 nitrogen and oxygen atoms in total.